The van der Waals surface area contributed by atoms with Crippen LogP contribution in [0.2, 0.25) is 0 Å². The van der Waals surface area contributed by atoms with Crippen LogP contribution in [0.3, 0.4) is 0 Å². The van der Waals surface area contributed by atoms with Crippen LogP contribution in [-0.2, 0) is 0 Å². The molecule has 0 aromatic heterocycles. The van der Waals surface area contributed by atoms with Gasteiger partial charge in [-0.2, -0.15) is 0 Å². The molecule has 1 fully saturated rings. The van der Waals surface area contributed by atoms with Gasteiger partial charge in [-0.15, -0.1) is 0 Å². The molecule has 2 heterocycles. The Labute approximate surface area is 88.2 Å². The lowest BCUT2D eigenvalue weighted by atomic mass is 9.92. The van der Waals surface area contributed by atoms with Crippen LogP contribution in [0.15, 0.2) is 11.6 Å². The number of nitrogens with zero attached hydrogens (tertiary/aromatic N) is 1. The van der Waals surface area contributed by atoms with E-state index in [0.717, 1.165) is 24.0 Å². The molecule has 0 amide bonds. The van der Waals surface area contributed by atoms with Gasteiger partial charge in [-0.1, -0.05) is 25.5 Å². The van der Waals surface area contributed by atoms with Gasteiger partial charge in [0.15, 0.2) is 0 Å². The first-order valence-electron chi connectivity index (χ1n) is 6.07. The molecule has 0 spiro atoms. The minimum Gasteiger partial charge on any atom is -0.291 e. The third-order valence-corrected chi connectivity index (χ3v) is 3.82. The van der Waals surface area contributed by atoms with Gasteiger partial charge in [0, 0.05) is 18.1 Å². The Morgan fingerprint density at radius 3 is 2.43 bits per heavy atom. The van der Waals surface area contributed by atoms with Gasteiger partial charge in [-0.25, -0.2) is 0 Å². The van der Waals surface area contributed by atoms with E-state index in [2.05, 4.69) is 38.7 Å². The SMILES string of the molecule is CC(C)C1=C[C@@H]2CCC(C1)N2C(C)C. The molecule has 0 N–H and O–H groups in total. The topological polar surface area (TPSA) is 3.24 Å². The van der Waals surface area contributed by atoms with E-state index in [4.69, 9.17) is 0 Å². The molecule has 2 aliphatic heterocycles. The molecule has 2 bridgehead atoms. The lowest BCUT2D eigenvalue weighted by molar-refractivity contribution is 0.156. The van der Waals surface area contributed by atoms with Gasteiger partial charge in [0.1, 0.15) is 0 Å². The maximum atomic E-state index is 2.71. The molecule has 1 saturated heterocycles. The molecule has 0 aliphatic carbocycles. The van der Waals surface area contributed by atoms with Crippen molar-refractivity contribution < 1.29 is 0 Å². The number of hydrogen-bond donors (Lipinski definition) is 0. The van der Waals surface area contributed by atoms with Crippen LogP contribution in [0.5, 0.6) is 0 Å². The third kappa shape index (κ3) is 1.63. The van der Waals surface area contributed by atoms with Crippen molar-refractivity contribution in [3.63, 3.8) is 0 Å². The van der Waals surface area contributed by atoms with Crippen molar-refractivity contribution >= 4 is 0 Å². The first-order valence-corrected chi connectivity index (χ1v) is 6.07. The second-order valence-corrected chi connectivity index (χ2v) is 5.44. The molecule has 1 heteroatoms. The highest BCUT2D eigenvalue weighted by Gasteiger charge is 2.37. The van der Waals surface area contributed by atoms with Gasteiger partial charge in [0.2, 0.25) is 0 Å². The second-order valence-electron chi connectivity index (χ2n) is 5.44. The fourth-order valence-corrected chi connectivity index (χ4v) is 3.13. The molecular weight excluding hydrogens is 170 g/mol. The fourth-order valence-electron chi connectivity index (χ4n) is 3.13. The van der Waals surface area contributed by atoms with Crippen LogP contribution in [0.25, 0.3) is 0 Å². The smallest absolute Gasteiger partial charge is 0.0287 e. The standard InChI is InChI=1S/C13H23N/c1-9(2)11-7-12-5-6-13(8-11)14(12)10(3)4/h7,9-10,12-13H,5-6,8H2,1-4H3/t12-,13?/m0/s1. The van der Waals surface area contributed by atoms with E-state index in [1.54, 1.807) is 5.57 Å². The summed E-state index contributed by atoms with van der Waals surface area (Å²) in [6, 6.07) is 2.33. The Hall–Kier alpha value is -0.300. The molecule has 0 saturated carbocycles. The highest BCUT2D eigenvalue weighted by molar-refractivity contribution is 5.19. The molecule has 2 aliphatic rings. The summed E-state index contributed by atoms with van der Waals surface area (Å²) in [4.78, 5) is 2.71. The monoisotopic (exact) mass is 193 g/mol. The number of hydrogen-bond acceptors (Lipinski definition) is 1. The molecule has 2 rings (SSSR count). The Morgan fingerprint density at radius 1 is 1.21 bits per heavy atom. The molecule has 0 radical (unpaired) electrons. The minimum atomic E-state index is 0.720. The average molecular weight is 193 g/mol. The molecule has 1 unspecified atom stereocenters. The van der Waals surface area contributed by atoms with Crippen LogP contribution < -0.4 is 0 Å². The van der Waals surface area contributed by atoms with Crippen LogP contribution in [0.4, 0.5) is 0 Å². The summed E-state index contributed by atoms with van der Waals surface area (Å²) in [6.45, 7) is 9.33. The Balaban J connectivity index is 2.17. The van der Waals surface area contributed by atoms with E-state index < -0.39 is 0 Å². The van der Waals surface area contributed by atoms with E-state index in [1.807, 2.05) is 0 Å². The van der Waals surface area contributed by atoms with Gasteiger partial charge in [0.05, 0.1) is 0 Å². The highest BCUT2D eigenvalue weighted by Crippen LogP contribution is 2.38. The van der Waals surface area contributed by atoms with Gasteiger partial charge >= 0.3 is 0 Å². The van der Waals surface area contributed by atoms with Crippen molar-refractivity contribution in [2.24, 2.45) is 5.92 Å². The maximum absolute atomic E-state index is 2.71. The van der Waals surface area contributed by atoms with E-state index >= 15 is 0 Å². The van der Waals surface area contributed by atoms with Gasteiger partial charge in [0.25, 0.3) is 0 Å². The molecule has 80 valence electrons. The second kappa shape index (κ2) is 3.69. The summed E-state index contributed by atoms with van der Waals surface area (Å²) in [5.41, 5.74) is 1.70. The predicted octanol–water partition coefficient (Wildman–Crippen LogP) is 3.21. The molecule has 0 aromatic rings. The van der Waals surface area contributed by atoms with E-state index in [1.165, 1.54) is 19.3 Å². The normalized spacial score (nSPS) is 32.9. The zero-order valence-electron chi connectivity index (χ0n) is 9.96. The fraction of sp³-hybridized carbons (Fsp3) is 0.846. The summed E-state index contributed by atoms with van der Waals surface area (Å²) in [5.74, 6) is 0.757. The Morgan fingerprint density at radius 2 is 1.93 bits per heavy atom. The van der Waals surface area contributed by atoms with Crippen LogP contribution in [-0.4, -0.2) is 23.0 Å². The predicted molar refractivity (Wildman–Crippen MR) is 61.3 cm³/mol. The number of fused-ring (bicyclic) bond motifs is 2. The molecule has 14 heavy (non-hydrogen) atoms. The summed E-state index contributed by atoms with van der Waals surface area (Å²) >= 11 is 0. The summed E-state index contributed by atoms with van der Waals surface area (Å²) in [5, 5.41) is 0. The molecule has 0 aromatic carbocycles. The number of rotatable bonds is 2. The van der Waals surface area contributed by atoms with Crippen molar-refractivity contribution in [2.75, 3.05) is 0 Å². The van der Waals surface area contributed by atoms with Crippen LogP contribution in [0, 0.1) is 5.92 Å². The first-order chi connectivity index (χ1) is 6.59. The third-order valence-electron chi connectivity index (χ3n) is 3.82. The van der Waals surface area contributed by atoms with Gasteiger partial charge < -0.3 is 0 Å². The lowest BCUT2D eigenvalue weighted by Crippen LogP contribution is -2.43. The van der Waals surface area contributed by atoms with Crippen molar-refractivity contribution in [3.8, 4) is 0 Å². The summed E-state index contributed by atoms with van der Waals surface area (Å²) < 4.78 is 0. The quantitative estimate of drug-likeness (QED) is 0.609. The van der Waals surface area contributed by atoms with Crippen LogP contribution in [0.1, 0.15) is 47.0 Å². The van der Waals surface area contributed by atoms with E-state index in [-0.39, 0.29) is 0 Å². The van der Waals surface area contributed by atoms with Crippen molar-refractivity contribution in [2.45, 2.75) is 65.1 Å². The van der Waals surface area contributed by atoms with Crippen LogP contribution >= 0.6 is 0 Å². The molecule has 2 atom stereocenters. The van der Waals surface area contributed by atoms with Gasteiger partial charge in [-0.3, -0.25) is 4.90 Å². The summed E-state index contributed by atoms with van der Waals surface area (Å²) in [6.07, 6.45) is 6.68. The average Bonchev–Trinajstić information content (AvgIpc) is 2.37. The Bertz CT molecular complexity index is 240. The van der Waals surface area contributed by atoms with Crippen molar-refractivity contribution in [1.29, 1.82) is 0 Å². The van der Waals surface area contributed by atoms with E-state index in [0.29, 0.717) is 0 Å². The largest absolute Gasteiger partial charge is 0.291 e. The lowest BCUT2D eigenvalue weighted by Gasteiger charge is -2.37. The zero-order chi connectivity index (χ0) is 10.3. The molecule has 1 nitrogen and oxygen atoms in total. The van der Waals surface area contributed by atoms with Crippen molar-refractivity contribution in [1.82, 2.24) is 4.90 Å². The highest BCUT2D eigenvalue weighted by atomic mass is 15.2. The summed E-state index contributed by atoms with van der Waals surface area (Å²) in [7, 11) is 0. The zero-order valence-corrected chi connectivity index (χ0v) is 9.96. The van der Waals surface area contributed by atoms with Crippen molar-refractivity contribution in [3.05, 3.63) is 11.6 Å². The van der Waals surface area contributed by atoms with E-state index in [9.17, 15) is 0 Å². The van der Waals surface area contributed by atoms with Gasteiger partial charge in [-0.05, 0) is 39.0 Å². The molecular formula is C13H23N. The first kappa shape index (κ1) is 10.2. The Kier molecular flexibility index (Phi) is 2.70. The minimum absolute atomic E-state index is 0.720. The maximum Gasteiger partial charge on any atom is 0.0287 e.